The zero-order valence-electron chi connectivity index (χ0n) is 23.5. The molecular weight excluding hydrogens is 508 g/mol. The van der Waals surface area contributed by atoms with Crippen molar-refractivity contribution in [3.05, 3.63) is 51.2 Å². The topological polar surface area (TPSA) is 166 Å². The number of ether oxygens (including phenoxy) is 2. The fourth-order valence-electron chi connectivity index (χ4n) is 4.30. The third-order valence-corrected chi connectivity index (χ3v) is 6.02. The van der Waals surface area contributed by atoms with Crippen LogP contribution in [0, 0.1) is 22.0 Å². The SMILES string of the molecule is COC(=O)C1C(C)=NC(C)=C(C(=O)NCC(=O)N[C@H](C(=O)OC(C)(C)C)C(C)C)C1c1cccc([N+](=O)[O-])c1. The molecule has 39 heavy (non-hydrogen) atoms. The first-order valence-electron chi connectivity index (χ1n) is 12.5. The molecule has 0 saturated heterocycles. The van der Waals surface area contributed by atoms with E-state index in [1.165, 1.54) is 25.3 Å². The molecule has 0 bridgehead atoms. The molecule has 12 nitrogen and oxygen atoms in total. The van der Waals surface area contributed by atoms with Crippen molar-refractivity contribution < 1.29 is 33.6 Å². The zero-order chi connectivity index (χ0) is 29.7. The molecule has 0 saturated carbocycles. The molecular formula is C27H36N4O8. The van der Waals surface area contributed by atoms with Crippen molar-refractivity contribution in [1.82, 2.24) is 10.6 Å². The maximum atomic E-state index is 13.4. The molecule has 0 aliphatic carbocycles. The molecule has 1 heterocycles. The normalized spacial score (nSPS) is 18.1. The minimum atomic E-state index is -1.02. The zero-order valence-corrected chi connectivity index (χ0v) is 23.5. The van der Waals surface area contributed by atoms with Gasteiger partial charge in [-0.15, -0.1) is 0 Å². The van der Waals surface area contributed by atoms with E-state index < -0.39 is 58.7 Å². The van der Waals surface area contributed by atoms with Crippen molar-refractivity contribution in [1.29, 1.82) is 0 Å². The highest BCUT2D eigenvalue weighted by molar-refractivity contribution is 6.08. The standard InChI is InChI=1S/C27H36N4O8/c1-14(2)23(26(35)39-27(5,6)7)30-19(32)13-28-24(33)20-15(3)29-16(4)21(25(34)38-8)22(20)17-10-9-11-18(12-17)31(36)37/h9-12,14,21-23H,13H2,1-8H3,(H,28,33)(H,30,32)/t21?,22?,23-/m0/s1. The van der Waals surface area contributed by atoms with E-state index in [9.17, 15) is 29.3 Å². The number of nitrogens with zero attached hydrogens (tertiary/aromatic N) is 2. The molecule has 0 spiro atoms. The lowest BCUT2D eigenvalue weighted by molar-refractivity contribution is -0.384. The van der Waals surface area contributed by atoms with E-state index in [0.717, 1.165) is 0 Å². The van der Waals surface area contributed by atoms with E-state index in [4.69, 9.17) is 9.47 Å². The van der Waals surface area contributed by atoms with Crippen molar-refractivity contribution >= 4 is 35.2 Å². The number of hydrogen-bond donors (Lipinski definition) is 2. The molecule has 1 aliphatic heterocycles. The van der Waals surface area contributed by atoms with Crippen LogP contribution in [0.25, 0.3) is 0 Å². The number of rotatable bonds is 9. The fourth-order valence-corrected chi connectivity index (χ4v) is 4.30. The van der Waals surface area contributed by atoms with Crippen LogP contribution in [-0.4, -0.2) is 59.7 Å². The molecule has 3 atom stereocenters. The van der Waals surface area contributed by atoms with Crippen LogP contribution in [0.1, 0.15) is 59.9 Å². The van der Waals surface area contributed by atoms with E-state index in [1.807, 2.05) is 0 Å². The van der Waals surface area contributed by atoms with Crippen LogP contribution in [0.4, 0.5) is 5.69 Å². The number of carbonyl (C=O) groups excluding carboxylic acids is 4. The summed E-state index contributed by atoms with van der Waals surface area (Å²) in [7, 11) is 1.20. The van der Waals surface area contributed by atoms with Gasteiger partial charge in [0.25, 0.3) is 5.69 Å². The summed E-state index contributed by atoms with van der Waals surface area (Å²) in [5, 5.41) is 16.5. The van der Waals surface area contributed by atoms with E-state index in [0.29, 0.717) is 11.3 Å². The molecule has 0 fully saturated rings. The average Bonchev–Trinajstić information content (AvgIpc) is 2.83. The predicted octanol–water partition coefficient (Wildman–Crippen LogP) is 2.81. The van der Waals surface area contributed by atoms with Gasteiger partial charge in [0.15, 0.2) is 0 Å². The van der Waals surface area contributed by atoms with E-state index in [2.05, 4.69) is 15.6 Å². The van der Waals surface area contributed by atoms with Gasteiger partial charge >= 0.3 is 11.9 Å². The first kappa shape index (κ1) is 31.1. The number of non-ortho nitro benzene ring substituents is 1. The molecule has 1 aromatic carbocycles. The van der Waals surface area contributed by atoms with Gasteiger partial charge in [-0.25, -0.2) is 4.79 Å². The van der Waals surface area contributed by atoms with Gasteiger partial charge in [0, 0.05) is 35.0 Å². The molecule has 1 aliphatic rings. The van der Waals surface area contributed by atoms with Crippen molar-refractivity contribution in [3.63, 3.8) is 0 Å². The Bertz CT molecular complexity index is 1210. The number of allylic oxidation sites excluding steroid dienone is 1. The summed E-state index contributed by atoms with van der Waals surface area (Å²) in [6, 6.07) is 4.70. The molecule has 0 aromatic heterocycles. The Labute approximate surface area is 227 Å². The number of benzene rings is 1. The number of esters is 2. The van der Waals surface area contributed by atoms with Gasteiger partial charge < -0.3 is 20.1 Å². The maximum Gasteiger partial charge on any atom is 0.329 e. The lowest BCUT2D eigenvalue weighted by atomic mass is 9.75. The van der Waals surface area contributed by atoms with Crippen LogP contribution in [0.2, 0.25) is 0 Å². The van der Waals surface area contributed by atoms with Crippen molar-refractivity contribution in [2.75, 3.05) is 13.7 Å². The summed E-state index contributed by atoms with van der Waals surface area (Å²) >= 11 is 0. The summed E-state index contributed by atoms with van der Waals surface area (Å²) < 4.78 is 10.3. The molecule has 2 amide bonds. The second-order valence-electron chi connectivity index (χ2n) is 10.6. The largest absolute Gasteiger partial charge is 0.468 e. The molecule has 0 radical (unpaired) electrons. The first-order chi connectivity index (χ1) is 18.1. The number of nitro benzene ring substituents is 1. The van der Waals surface area contributed by atoms with Gasteiger partial charge in [-0.3, -0.25) is 29.5 Å². The third-order valence-electron chi connectivity index (χ3n) is 6.02. The van der Waals surface area contributed by atoms with Crippen molar-refractivity contribution in [3.8, 4) is 0 Å². The van der Waals surface area contributed by atoms with Crippen LogP contribution < -0.4 is 10.6 Å². The van der Waals surface area contributed by atoms with Crippen molar-refractivity contribution in [2.24, 2.45) is 16.8 Å². The highest BCUT2D eigenvalue weighted by atomic mass is 16.6. The first-order valence-corrected chi connectivity index (χ1v) is 12.5. The Hall–Kier alpha value is -4.09. The fraction of sp³-hybridized carbons (Fsp3) is 0.519. The van der Waals surface area contributed by atoms with Gasteiger partial charge in [0.1, 0.15) is 17.6 Å². The number of nitrogens with one attached hydrogen (secondary N) is 2. The Balaban J connectivity index is 2.35. The number of carbonyl (C=O) groups is 4. The molecule has 1 aromatic rings. The summed E-state index contributed by atoms with van der Waals surface area (Å²) in [5.74, 6) is -4.84. The Morgan fingerprint density at radius 2 is 1.79 bits per heavy atom. The highest BCUT2D eigenvalue weighted by Gasteiger charge is 2.42. The summed E-state index contributed by atoms with van der Waals surface area (Å²) in [4.78, 5) is 66.7. The number of amides is 2. The molecule has 2 rings (SSSR count). The lowest BCUT2D eigenvalue weighted by Gasteiger charge is -2.31. The van der Waals surface area contributed by atoms with Crippen molar-refractivity contribution in [2.45, 2.75) is 66.0 Å². The number of hydrogen-bond acceptors (Lipinski definition) is 9. The van der Waals surface area contributed by atoms with E-state index in [-0.39, 0.29) is 22.9 Å². The second-order valence-corrected chi connectivity index (χ2v) is 10.6. The van der Waals surface area contributed by atoms with Crippen LogP contribution in [0.15, 0.2) is 40.5 Å². The third kappa shape index (κ3) is 7.95. The Morgan fingerprint density at radius 1 is 1.15 bits per heavy atom. The van der Waals surface area contributed by atoms with E-state index >= 15 is 0 Å². The minimum absolute atomic E-state index is 0.0665. The van der Waals surface area contributed by atoms with Gasteiger partial charge in [-0.2, -0.15) is 0 Å². The highest BCUT2D eigenvalue weighted by Crippen LogP contribution is 2.40. The van der Waals surface area contributed by atoms with Crippen LogP contribution in [0.5, 0.6) is 0 Å². The van der Waals surface area contributed by atoms with Crippen LogP contribution >= 0.6 is 0 Å². The summed E-state index contributed by atoms with van der Waals surface area (Å²) in [5.41, 5.74) is 0.113. The van der Waals surface area contributed by atoms with Gasteiger partial charge in [0.05, 0.1) is 18.6 Å². The Kier molecular flexibility index (Phi) is 10.1. The number of aliphatic imine (C=N–C) groups is 1. The molecule has 12 heteroatoms. The Morgan fingerprint density at radius 3 is 2.33 bits per heavy atom. The summed E-state index contributed by atoms with van der Waals surface area (Å²) in [6.45, 7) is 11.4. The van der Waals surface area contributed by atoms with E-state index in [1.54, 1.807) is 54.5 Å². The molecule has 2 unspecified atom stereocenters. The lowest BCUT2D eigenvalue weighted by Crippen LogP contribution is -2.50. The monoisotopic (exact) mass is 544 g/mol. The predicted molar refractivity (Wildman–Crippen MR) is 143 cm³/mol. The second kappa shape index (κ2) is 12.6. The van der Waals surface area contributed by atoms with Gasteiger partial charge in [0.2, 0.25) is 11.8 Å². The van der Waals surface area contributed by atoms with Gasteiger partial charge in [-0.05, 0) is 46.1 Å². The minimum Gasteiger partial charge on any atom is -0.468 e. The molecule has 2 N–H and O–H groups in total. The summed E-state index contributed by atoms with van der Waals surface area (Å²) in [6.07, 6.45) is 0. The maximum absolute atomic E-state index is 13.4. The average molecular weight is 545 g/mol. The number of methoxy groups -OCH3 is 1. The molecule has 212 valence electrons. The number of nitro groups is 1. The van der Waals surface area contributed by atoms with Crippen LogP contribution in [-0.2, 0) is 28.7 Å². The quantitative estimate of drug-likeness (QED) is 0.272. The van der Waals surface area contributed by atoms with Crippen LogP contribution in [0.3, 0.4) is 0 Å². The smallest absolute Gasteiger partial charge is 0.329 e. The van der Waals surface area contributed by atoms with Gasteiger partial charge in [-0.1, -0.05) is 26.0 Å².